The molecule has 2 N–H and O–H groups in total. The number of benzene rings is 3. The Morgan fingerprint density at radius 2 is 1.81 bits per heavy atom. The van der Waals surface area contributed by atoms with Crippen molar-refractivity contribution in [1.82, 2.24) is 4.57 Å². The van der Waals surface area contributed by atoms with Gasteiger partial charge in [0, 0.05) is 27.8 Å². The third-order valence-electron chi connectivity index (χ3n) is 5.49. The molecule has 5 rings (SSSR count). The predicted octanol–water partition coefficient (Wildman–Crippen LogP) is 6.49. The normalized spacial score (nSPS) is 12.0. The van der Waals surface area contributed by atoms with Crippen LogP contribution in [0.2, 0.25) is 0 Å². The molecule has 2 heterocycles. The van der Waals surface area contributed by atoms with Crippen molar-refractivity contribution < 1.29 is 18.0 Å². The monoisotopic (exact) mass is 449 g/mol. The largest absolute Gasteiger partial charge is 0.416 e. The van der Waals surface area contributed by atoms with Crippen LogP contribution in [0.4, 0.5) is 13.2 Å². The molecular formula is C25H16F3N2OS. The molecular weight excluding hydrogens is 433 g/mol. The zero-order valence-electron chi connectivity index (χ0n) is 16.6. The van der Waals surface area contributed by atoms with Crippen molar-refractivity contribution in [3.8, 4) is 10.4 Å². The van der Waals surface area contributed by atoms with Crippen LogP contribution < -0.4 is 5.73 Å². The molecule has 32 heavy (non-hydrogen) atoms. The number of carbonyl (C=O) groups is 1. The third-order valence-corrected chi connectivity index (χ3v) is 6.41. The van der Waals surface area contributed by atoms with E-state index in [1.165, 1.54) is 12.1 Å². The van der Waals surface area contributed by atoms with Crippen molar-refractivity contribution in [2.75, 3.05) is 0 Å². The lowest BCUT2D eigenvalue weighted by molar-refractivity contribution is -0.137. The number of alkyl halides is 3. The summed E-state index contributed by atoms with van der Waals surface area (Å²) in [5, 5.41) is 3.43. The maximum atomic E-state index is 13.0. The number of nitrogens with zero attached hydrogens (tertiary/aromatic N) is 1. The van der Waals surface area contributed by atoms with Crippen LogP contribution in [0.3, 0.4) is 0 Å². The number of aromatic nitrogens is 1. The number of hydrogen-bond donors (Lipinski definition) is 1. The van der Waals surface area contributed by atoms with Gasteiger partial charge in [0.25, 0.3) is 0 Å². The Bertz CT molecular complexity index is 1450. The quantitative estimate of drug-likeness (QED) is 0.335. The van der Waals surface area contributed by atoms with Gasteiger partial charge in [-0.25, -0.2) is 0 Å². The molecule has 3 nitrogen and oxygen atoms in total. The molecule has 0 saturated heterocycles. The summed E-state index contributed by atoms with van der Waals surface area (Å²) in [6, 6.07) is 21.6. The van der Waals surface area contributed by atoms with E-state index in [4.69, 9.17) is 5.73 Å². The summed E-state index contributed by atoms with van der Waals surface area (Å²) in [7, 11) is 0. The molecule has 0 spiro atoms. The number of nitrogens with two attached hydrogens (primary N) is 1. The van der Waals surface area contributed by atoms with Crippen LogP contribution in [-0.2, 0) is 12.7 Å². The van der Waals surface area contributed by atoms with Gasteiger partial charge in [0.2, 0.25) is 5.91 Å². The minimum atomic E-state index is -4.38. The maximum absolute atomic E-state index is 13.0. The first kappa shape index (κ1) is 20.3. The number of primary amides is 1. The number of fused-ring (bicyclic) bond motifs is 3. The highest BCUT2D eigenvalue weighted by Gasteiger charge is 2.30. The lowest BCUT2D eigenvalue weighted by Gasteiger charge is -2.11. The Hall–Kier alpha value is -3.58. The molecule has 0 atom stereocenters. The Morgan fingerprint density at radius 1 is 1.03 bits per heavy atom. The third kappa shape index (κ3) is 3.44. The lowest BCUT2D eigenvalue weighted by atomic mass is 10.0. The topological polar surface area (TPSA) is 48.0 Å². The Balaban J connectivity index is 1.72. The van der Waals surface area contributed by atoms with Crippen LogP contribution in [0, 0.1) is 6.07 Å². The average Bonchev–Trinajstić information content (AvgIpc) is 3.40. The van der Waals surface area contributed by atoms with Crippen LogP contribution in [0.15, 0.2) is 72.1 Å². The summed E-state index contributed by atoms with van der Waals surface area (Å²) < 4.78 is 40.9. The van der Waals surface area contributed by atoms with Gasteiger partial charge in [0.05, 0.1) is 16.6 Å². The van der Waals surface area contributed by atoms with Gasteiger partial charge in [0.1, 0.15) is 0 Å². The molecule has 0 unspecified atom stereocenters. The zero-order valence-corrected chi connectivity index (χ0v) is 17.4. The van der Waals surface area contributed by atoms with Gasteiger partial charge in [0.15, 0.2) is 0 Å². The highest BCUT2D eigenvalue weighted by molar-refractivity contribution is 7.13. The summed E-state index contributed by atoms with van der Waals surface area (Å²) in [5.41, 5.74) is 8.62. The van der Waals surface area contributed by atoms with Crippen molar-refractivity contribution >= 4 is 39.0 Å². The summed E-state index contributed by atoms with van der Waals surface area (Å²) in [6.45, 7) is 0.335. The van der Waals surface area contributed by atoms with E-state index in [1.807, 2.05) is 40.3 Å². The van der Waals surface area contributed by atoms with Crippen LogP contribution >= 0.6 is 11.3 Å². The number of hydrogen-bond acceptors (Lipinski definition) is 2. The first-order valence-corrected chi connectivity index (χ1v) is 10.7. The second kappa shape index (κ2) is 7.53. The van der Waals surface area contributed by atoms with E-state index in [0.29, 0.717) is 23.1 Å². The summed E-state index contributed by atoms with van der Waals surface area (Å²) in [6.07, 6.45) is -4.38. The van der Waals surface area contributed by atoms with Crippen molar-refractivity contribution in [1.29, 1.82) is 0 Å². The highest BCUT2D eigenvalue weighted by Crippen LogP contribution is 2.36. The van der Waals surface area contributed by atoms with Crippen molar-refractivity contribution in [2.24, 2.45) is 5.73 Å². The maximum Gasteiger partial charge on any atom is 0.416 e. The van der Waals surface area contributed by atoms with Crippen molar-refractivity contribution in [3.63, 3.8) is 0 Å². The zero-order chi connectivity index (χ0) is 22.5. The second-order valence-corrected chi connectivity index (χ2v) is 8.42. The van der Waals surface area contributed by atoms with Crippen LogP contribution in [0.25, 0.3) is 32.2 Å². The summed E-state index contributed by atoms with van der Waals surface area (Å²) in [5.74, 6) is -0.542. The minimum Gasteiger partial charge on any atom is -0.366 e. The molecule has 159 valence electrons. The van der Waals surface area contributed by atoms with Gasteiger partial charge < -0.3 is 10.3 Å². The van der Waals surface area contributed by atoms with E-state index in [2.05, 4.69) is 6.07 Å². The second-order valence-electron chi connectivity index (χ2n) is 7.47. The Morgan fingerprint density at radius 3 is 2.47 bits per heavy atom. The Kier molecular flexibility index (Phi) is 4.78. The molecule has 3 aromatic carbocycles. The minimum absolute atomic E-state index is 0.335. The molecule has 7 heteroatoms. The molecule has 5 aromatic rings. The van der Waals surface area contributed by atoms with Gasteiger partial charge in [-0.05, 0) is 65.0 Å². The standard InChI is InChI=1S/C25H16F3N2OS/c26-25(27,28)17-9-6-15(7-10-17)14-30-20-4-1-3-19(24(29)31)23(20)18-11-8-16(13-21(18)30)22-5-2-12-32-22/h1-10,12-13H,14H2,(H2,29,31). The fourth-order valence-electron chi connectivity index (χ4n) is 4.00. The molecule has 0 saturated carbocycles. The first-order valence-electron chi connectivity index (χ1n) is 9.79. The summed E-state index contributed by atoms with van der Waals surface area (Å²) >= 11 is 1.60. The smallest absolute Gasteiger partial charge is 0.366 e. The lowest BCUT2D eigenvalue weighted by Crippen LogP contribution is -2.11. The van der Waals surface area contributed by atoms with Crippen LogP contribution in [0.5, 0.6) is 0 Å². The number of amides is 1. The van der Waals surface area contributed by atoms with Crippen LogP contribution in [-0.4, -0.2) is 10.5 Å². The molecule has 0 aliphatic rings. The molecule has 1 amide bonds. The van der Waals surface area contributed by atoms with Gasteiger partial charge in [-0.3, -0.25) is 4.79 Å². The molecule has 0 fully saturated rings. The number of thiophene rings is 1. The van der Waals surface area contributed by atoms with E-state index in [0.717, 1.165) is 39.0 Å². The predicted molar refractivity (Wildman–Crippen MR) is 121 cm³/mol. The van der Waals surface area contributed by atoms with E-state index >= 15 is 0 Å². The molecule has 0 bridgehead atoms. The van der Waals surface area contributed by atoms with E-state index in [9.17, 15) is 18.0 Å². The van der Waals surface area contributed by atoms with E-state index in [-0.39, 0.29) is 0 Å². The molecule has 2 aromatic heterocycles. The van der Waals surface area contributed by atoms with E-state index < -0.39 is 17.6 Å². The number of carbonyl (C=O) groups excluding carboxylic acids is 1. The summed E-state index contributed by atoms with van der Waals surface area (Å²) in [4.78, 5) is 13.2. The van der Waals surface area contributed by atoms with Gasteiger partial charge in [-0.2, -0.15) is 13.2 Å². The van der Waals surface area contributed by atoms with Crippen LogP contribution in [0.1, 0.15) is 21.5 Å². The average molecular weight is 449 g/mol. The van der Waals surface area contributed by atoms with E-state index in [1.54, 1.807) is 23.5 Å². The van der Waals surface area contributed by atoms with Gasteiger partial charge in [-0.1, -0.05) is 24.3 Å². The number of rotatable bonds is 4. The highest BCUT2D eigenvalue weighted by atomic mass is 32.1. The fraction of sp³-hybridized carbons (Fsp3) is 0.0800. The molecule has 0 aliphatic carbocycles. The van der Waals surface area contributed by atoms with Crippen molar-refractivity contribution in [2.45, 2.75) is 12.7 Å². The van der Waals surface area contributed by atoms with Crippen molar-refractivity contribution in [3.05, 3.63) is 94.9 Å². The first-order chi connectivity index (χ1) is 15.3. The molecule has 0 aliphatic heterocycles. The SMILES string of the molecule is NC(=O)c1cccc2c1c1[c]cc(-c3cccs3)cc1n2Cc1ccc(C(F)(F)F)cc1. The fourth-order valence-corrected chi connectivity index (χ4v) is 4.71. The molecule has 1 radical (unpaired) electrons. The van der Waals surface area contributed by atoms with Gasteiger partial charge in [-0.15, -0.1) is 11.3 Å². The Labute approximate surface area is 185 Å². The van der Waals surface area contributed by atoms with Gasteiger partial charge >= 0.3 is 6.18 Å². The number of halogens is 3.